The van der Waals surface area contributed by atoms with Gasteiger partial charge in [0.1, 0.15) is 0 Å². The molecule has 1 aromatic heterocycles. The van der Waals surface area contributed by atoms with Crippen LogP contribution in [0.5, 0.6) is 0 Å². The van der Waals surface area contributed by atoms with Crippen molar-refractivity contribution >= 4 is 22.8 Å². The third kappa shape index (κ3) is 2.92. The lowest BCUT2D eigenvalue weighted by molar-refractivity contribution is 0.0697. The Kier molecular flexibility index (Phi) is 4.04. The number of rotatable bonds is 2. The Labute approximate surface area is 133 Å². The van der Waals surface area contributed by atoms with Gasteiger partial charge in [-0.25, -0.2) is 9.78 Å². The molecule has 0 radical (unpaired) electrons. The van der Waals surface area contributed by atoms with Crippen molar-refractivity contribution in [1.82, 2.24) is 14.5 Å². The Morgan fingerprint density at radius 1 is 1.17 bits per heavy atom. The molecule has 23 heavy (non-hydrogen) atoms. The number of carboxylic acids is 1. The van der Waals surface area contributed by atoms with Crippen LogP contribution in [0.3, 0.4) is 0 Å². The first-order valence-corrected chi connectivity index (χ1v) is 7.65. The number of carboxylic acid groups (broad SMARTS) is 1. The fourth-order valence-electron chi connectivity index (χ4n) is 2.92. The minimum absolute atomic E-state index is 0.139. The first-order valence-electron chi connectivity index (χ1n) is 7.65. The first-order chi connectivity index (χ1) is 11.0. The topological polar surface area (TPSA) is 78.7 Å². The summed E-state index contributed by atoms with van der Waals surface area (Å²) in [6.07, 6.45) is 1.000. The predicted octanol–water partition coefficient (Wildman–Crippen LogP) is 0.774. The van der Waals surface area contributed by atoms with E-state index < -0.39 is 5.97 Å². The van der Waals surface area contributed by atoms with Crippen LogP contribution in [-0.2, 0) is 7.05 Å². The molecule has 122 valence electrons. The van der Waals surface area contributed by atoms with Gasteiger partial charge in [0.25, 0.3) is 5.56 Å². The van der Waals surface area contributed by atoms with Gasteiger partial charge in [0.15, 0.2) is 0 Å². The highest BCUT2D eigenvalue weighted by Gasteiger charge is 2.18. The molecule has 1 aliphatic rings. The van der Waals surface area contributed by atoms with E-state index in [2.05, 4.69) is 21.8 Å². The second-order valence-electron chi connectivity index (χ2n) is 5.96. The summed E-state index contributed by atoms with van der Waals surface area (Å²) in [5.74, 6) is -0.423. The number of carbonyl (C=O) groups is 1. The van der Waals surface area contributed by atoms with Crippen molar-refractivity contribution in [3.05, 3.63) is 34.1 Å². The molecule has 1 saturated heterocycles. The van der Waals surface area contributed by atoms with Crippen molar-refractivity contribution in [2.75, 3.05) is 38.1 Å². The zero-order chi connectivity index (χ0) is 16.6. The molecule has 0 aliphatic carbocycles. The van der Waals surface area contributed by atoms with Crippen LogP contribution >= 0.6 is 0 Å². The molecule has 0 amide bonds. The highest BCUT2D eigenvalue weighted by Crippen LogP contribution is 2.17. The van der Waals surface area contributed by atoms with E-state index in [0.717, 1.165) is 32.6 Å². The van der Waals surface area contributed by atoms with Crippen LogP contribution in [0.15, 0.2) is 23.0 Å². The minimum atomic E-state index is -1.02. The summed E-state index contributed by atoms with van der Waals surface area (Å²) < 4.78 is 1.55. The van der Waals surface area contributed by atoms with E-state index in [0.29, 0.717) is 16.9 Å². The Morgan fingerprint density at radius 2 is 1.96 bits per heavy atom. The zero-order valence-electron chi connectivity index (χ0n) is 13.3. The molecular weight excluding hydrogens is 296 g/mol. The lowest BCUT2D eigenvalue weighted by atomic mass is 10.1. The van der Waals surface area contributed by atoms with Gasteiger partial charge in [0, 0.05) is 26.7 Å². The van der Waals surface area contributed by atoms with E-state index in [-0.39, 0.29) is 11.1 Å². The predicted molar refractivity (Wildman–Crippen MR) is 88.3 cm³/mol. The van der Waals surface area contributed by atoms with Crippen molar-refractivity contribution < 1.29 is 9.90 Å². The Bertz CT molecular complexity index is 815. The van der Waals surface area contributed by atoms with Gasteiger partial charge in [-0.15, -0.1) is 0 Å². The fourth-order valence-corrected chi connectivity index (χ4v) is 2.92. The first kappa shape index (κ1) is 15.5. The summed E-state index contributed by atoms with van der Waals surface area (Å²) in [5, 5.41) is 9.56. The van der Waals surface area contributed by atoms with Crippen LogP contribution in [0.25, 0.3) is 10.9 Å². The lowest BCUT2D eigenvalue weighted by Gasteiger charge is -2.23. The van der Waals surface area contributed by atoms with Gasteiger partial charge < -0.3 is 14.9 Å². The molecule has 2 aromatic rings. The number of anilines is 1. The molecule has 7 heteroatoms. The van der Waals surface area contributed by atoms with Gasteiger partial charge in [0.2, 0.25) is 5.95 Å². The highest BCUT2D eigenvalue weighted by molar-refractivity contribution is 5.93. The minimum Gasteiger partial charge on any atom is -0.478 e. The monoisotopic (exact) mass is 316 g/mol. The molecule has 1 aliphatic heterocycles. The molecule has 0 saturated carbocycles. The van der Waals surface area contributed by atoms with Gasteiger partial charge in [0.05, 0.1) is 16.5 Å². The number of aromatic carboxylic acids is 1. The third-order valence-electron chi connectivity index (χ3n) is 4.30. The second-order valence-corrected chi connectivity index (χ2v) is 5.96. The van der Waals surface area contributed by atoms with Crippen molar-refractivity contribution in [2.24, 2.45) is 7.05 Å². The van der Waals surface area contributed by atoms with E-state index in [1.807, 2.05) is 0 Å². The number of nitrogens with zero attached hydrogens (tertiary/aromatic N) is 4. The van der Waals surface area contributed by atoms with Gasteiger partial charge in [-0.1, -0.05) is 0 Å². The average molecular weight is 316 g/mol. The largest absolute Gasteiger partial charge is 0.478 e. The van der Waals surface area contributed by atoms with Crippen molar-refractivity contribution in [3.8, 4) is 0 Å². The van der Waals surface area contributed by atoms with Gasteiger partial charge >= 0.3 is 5.97 Å². The molecule has 0 atom stereocenters. The molecule has 1 fully saturated rings. The number of fused-ring (bicyclic) bond motifs is 1. The van der Waals surface area contributed by atoms with E-state index in [1.165, 1.54) is 18.2 Å². The van der Waals surface area contributed by atoms with Crippen LogP contribution in [0.2, 0.25) is 0 Å². The van der Waals surface area contributed by atoms with E-state index in [1.54, 1.807) is 11.6 Å². The molecule has 0 bridgehead atoms. The van der Waals surface area contributed by atoms with Gasteiger partial charge in [-0.2, -0.15) is 0 Å². The smallest absolute Gasteiger partial charge is 0.335 e. The van der Waals surface area contributed by atoms with E-state index in [4.69, 9.17) is 5.11 Å². The van der Waals surface area contributed by atoms with Crippen molar-refractivity contribution in [2.45, 2.75) is 6.42 Å². The molecule has 1 N–H and O–H groups in total. The van der Waals surface area contributed by atoms with Crippen LogP contribution in [0.4, 0.5) is 5.95 Å². The molecular formula is C16H20N4O3. The molecule has 1 aromatic carbocycles. The number of likely N-dealkylation sites (N-methyl/N-ethyl adjacent to an activating group) is 1. The lowest BCUT2D eigenvalue weighted by Crippen LogP contribution is -2.34. The normalized spacial score (nSPS) is 16.5. The SMILES string of the molecule is CN1CCCN(c2nc3cc(C(=O)O)ccc3c(=O)n2C)CC1. The Balaban J connectivity index is 2.11. The molecule has 2 heterocycles. The van der Waals surface area contributed by atoms with Gasteiger partial charge in [-0.3, -0.25) is 9.36 Å². The highest BCUT2D eigenvalue weighted by atomic mass is 16.4. The summed E-state index contributed by atoms with van der Waals surface area (Å²) in [6, 6.07) is 4.44. The summed E-state index contributed by atoms with van der Waals surface area (Å²) in [5.41, 5.74) is 0.417. The maximum atomic E-state index is 12.6. The second kappa shape index (κ2) is 6.00. The summed E-state index contributed by atoms with van der Waals surface area (Å²) in [7, 11) is 3.79. The maximum absolute atomic E-state index is 12.6. The average Bonchev–Trinajstić information content (AvgIpc) is 2.75. The van der Waals surface area contributed by atoms with Crippen molar-refractivity contribution in [3.63, 3.8) is 0 Å². The van der Waals surface area contributed by atoms with Gasteiger partial charge in [-0.05, 0) is 38.2 Å². The zero-order valence-corrected chi connectivity index (χ0v) is 13.3. The Hall–Kier alpha value is -2.41. The van der Waals surface area contributed by atoms with Crippen LogP contribution in [0, 0.1) is 0 Å². The molecule has 0 spiro atoms. The number of hydrogen-bond donors (Lipinski definition) is 1. The van der Waals surface area contributed by atoms with Crippen LogP contribution < -0.4 is 10.5 Å². The summed E-state index contributed by atoms with van der Waals surface area (Å²) in [6.45, 7) is 3.54. The molecule has 0 unspecified atom stereocenters. The number of aromatic nitrogens is 2. The summed E-state index contributed by atoms with van der Waals surface area (Å²) in [4.78, 5) is 32.6. The maximum Gasteiger partial charge on any atom is 0.335 e. The quantitative estimate of drug-likeness (QED) is 0.882. The number of benzene rings is 1. The third-order valence-corrected chi connectivity index (χ3v) is 4.30. The Morgan fingerprint density at radius 3 is 2.70 bits per heavy atom. The van der Waals surface area contributed by atoms with Crippen LogP contribution in [0.1, 0.15) is 16.8 Å². The standard InChI is InChI=1S/C16H20N4O3/c1-18-6-3-7-20(9-8-18)16-17-13-10-11(15(22)23)4-5-12(13)14(21)19(16)2/h4-5,10H,3,6-9H2,1-2H3,(H,22,23). The summed E-state index contributed by atoms with van der Waals surface area (Å²) >= 11 is 0. The fraction of sp³-hybridized carbons (Fsp3) is 0.438. The molecule has 7 nitrogen and oxygen atoms in total. The van der Waals surface area contributed by atoms with Crippen molar-refractivity contribution in [1.29, 1.82) is 0 Å². The van der Waals surface area contributed by atoms with Crippen LogP contribution in [-0.4, -0.2) is 58.8 Å². The molecule has 3 rings (SSSR count). The van der Waals surface area contributed by atoms with E-state index >= 15 is 0 Å². The number of hydrogen-bond acceptors (Lipinski definition) is 5. The van der Waals surface area contributed by atoms with E-state index in [9.17, 15) is 9.59 Å².